The molecule has 1 fully saturated rings. The van der Waals surface area contributed by atoms with Crippen LogP contribution in [0.4, 0.5) is 18.9 Å². The summed E-state index contributed by atoms with van der Waals surface area (Å²) in [4.78, 5) is 20.5. The smallest absolute Gasteiger partial charge is 0.381 e. The first-order valence-electron chi connectivity index (χ1n) is 8.93. The molecule has 3 aromatic heterocycles. The first kappa shape index (κ1) is 19.8. The molecule has 0 saturated carbocycles. The summed E-state index contributed by atoms with van der Waals surface area (Å²) in [6.45, 7) is 1.40. The molecular weight excluding hydrogens is 453 g/mol. The number of nitrogens with zero attached hydrogens (tertiary/aromatic N) is 3. The number of nitrogens with one attached hydrogen (secondary N) is 1. The van der Waals surface area contributed by atoms with Crippen LogP contribution in [0.5, 0.6) is 0 Å². The number of rotatable bonds is 3. The number of halogens is 4. The number of amides is 1. The largest absolute Gasteiger partial charge is 0.433 e. The molecule has 0 aromatic carbocycles. The normalized spacial score (nSPS) is 15.6. The van der Waals surface area contributed by atoms with E-state index in [1.807, 2.05) is 6.20 Å². The van der Waals surface area contributed by atoms with Gasteiger partial charge in [-0.1, -0.05) is 6.07 Å². The van der Waals surface area contributed by atoms with Gasteiger partial charge in [0.25, 0.3) is 5.91 Å². The van der Waals surface area contributed by atoms with Gasteiger partial charge in [0, 0.05) is 31.5 Å². The van der Waals surface area contributed by atoms with Gasteiger partial charge >= 0.3 is 6.18 Å². The summed E-state index contributed by atoms with van der Waals surface area (Å²) in [6, 6.07) is 4.86. The van der Waals surface area contributed by atoms with E-state index in [1.54, 1.807) is 16.7 Å². The van der Waals surface area contributed by atoms with Gasteiger partial charge in [0.2, 0.25) is 0 Å². The number of fused-ring (bicyclic) bond motifs is 1. The second-order valence-corrected chi connectivity index (χ2v) is 7.57. The van der Waals surface area contributed by atoms with Crippen molar-refractivity contribution in [2.45, 2.75) is 24.9 Å². The van der Waals surface area contributed by atoms with Gasteiger partial charge < -0.3 is 14.5 Å². The number of pyridine rings is 2. The highest BCUT2D eigenvalue weighted by Gasteiger charge is 2.33. The van der Waals surface area contributed by atoms with E-state index in [1.165, 1.54) is 6.07 Å². The maximum Gasteiger partial charge on any atom is 0.433 e. The summed E-state index contributed by atoms with van der Waals surface area (Å²) in [6.07, 6.45) is 0.740. The molecule has 3 aromatic rings. The van der Waals surface area contributed by atoms with Crippen LogP contribution in [0.2, 0.25) is 0 Å². The molecule has 0 unspecified atom stereocenters. The van der Waals surface area contributed by atoms with Gasteiger partial charge in [-0.25, -0.2) is 9.97 Å². The second kappa shape index (κ2) is 7.75. The standard InChI is InChI=1S/C19H16BrF3N4O2/c20-13-8-12(24-18(28)14-2-1-3-16(25-14)19(21,22)23)9-27-10-15(26-17(13)27)11-4-6-29-7-5-11/h1-3,8-11H,4-7H2,(H,24,28). The van der Waals surface area contributed by atoms with Crippen LogP contribution in [-0.4, -0.2) is 33.5 Å². The quantitative estimate of drug-likeness (QED) is 0.606. The third-order valence-electron chi connectivity index (χ3n) is 4.69. The van der Waals surface area contributed by atoms with Crippen LogP contribution in [-0.2, 0) is 10.9 Å². The Balaban J connectivity index is 1.59. The van der Waals surface area contributed by atoms with E-state index in [0.717, 1.165) is 30.7 Å². The summed E-state index contributed by atoms with van der Waals surface area (Å²) in [7, 11) is 0. The van der Waals surface area contributed by atoms with Crippen molar-refractivity contribution in [3.05, 3.63) is 58.2 Å². The summed E-state index contributed by atoms with van der Waals surface area (Å²) < 4.78 is 46.3. The molecule has 10 heteroatoms. The Bertz CT molecular complexity index is 1060. The molecule has 0 radical (unpaired) electrons. The Morgan fingerprint density at radius 1 is 1.21 bits per heavy atom. The van der Waals surface area contributed by atoms with Crippen molar-refractivity contribution in [2.24, 2.45) is 0 Å². The van der Waals surface area contributed by atoms with Crippen molar-refractivity contribution in [1.82, 2.24) is 14.4 Å². The van der Waals surface area contributed by atoms with Crippen molar-refractivity contribution in [3.63, 3.8) is 0 Å². The summed E-state index contributed by atoms with van der Waals surface area (Å²) in [5, 5.41) is 2.59. The number of anilines is 1. The Morgan fingerprint density at radius 2 is 1.97 bits per heavy atom. The SMILES string of the molecule is O=C(Nc1cc(Br)c2nc(C3CCOCC3)cn2c1)c1cccc(C(F)(F)F)n1. The highest BCUT2D eigenvalue weighted by molar-refractivity contribution is 9.10. The summed E-state index contributed by atoms with van der Waals surface area (Å²) in [5.74, 6) is -0.421. The molecule has 1 aliphatic rings. The van der Waals surface area contributed by atoms with Crippen LogP contribution in [0, 0.1) is 0 Å². The van der Waals surface area contributed by atoms with Crippen molar-refractivity contribution in [2.75, 3.05) is 18.5 Å². The second-order valence-electron chi connectivity index (χ2n) is 6.72. The topological polar surface area (TPSA) is 68.5 Å². The highest BCUT2D eigenvalue weighted by atomic mass is 79.9. The first-order chi connectivity index (χ1) is 13.8. The molecule has 1 aliphatic heterocycles. The van der Waals surface area contributed by atoms with E-state index >= 15 is 0 Å². The lowest BCUT2D eigenvalue weighted by molar-refractivity contribution is -0.141. The first-order valence-corrected chi connectivity index (χ1v) is 9.72. The lowest BCUT2D eigenvalue weighted by Crippen LogP contribution is -2.17. The Morgan fingerprint density at radius 3 is 2.69 bits per heavy atom. The number of imidazole rings is 1. The fourth-order valence-corrected chi connectivity index (χ4v) is 3.79. The van der Waals surface area contributed by atoms with Crippen molar-refractivity contribution >= 4 is 33.2 Å². The number of aromatic nitrogens is 3. The zero-order chi connectivity index (χ0) is 20.6. The molecule has 29 heavy (non-hydrogen) atoms. The van der Waals surface area contributed by atoms with Crippen LogP contribution in [0.25, 0.3) is 5.65 Å². The van der Waals surface area contributed by atoms with E-state index in [-0.39, 0.29) is 5.69 Å². The molecule has 0 aliphatic carbocycles. The average molecular weight is 469 g/mol. The van der Waals surface area contributed by atoms with E-state index in [2.05, 4.69) is 31.2 Å². The van der Waals surface area contributed by atoms with Crippen molar-refractivity contribution < 1.29 is 22.7 Å². The zero-order valence-electron chi connectivity index (χ0n) is 15.0. The molecular formula is C19H16BrF3N4O2. The lowest BCUT2D eigenvalue weighted by Gasteiger charge is -2.19. The van der Waals surface area contributed by atoms with E-state index < -0.39 is 17.8 Å². The van der Waals surface area contributed by atoms with Crippen LogP contribution >= 0.6 is 15.9 Å². The van der Waals surface area contributed by atoms with Gasteiger partial charge in [-0.2, -0.15) is 13.2 Å². The Kier molecular flexibility index (Phi) is 5.30. The molecule has 1 amide bonds. The van der Waals surface area contributed by atoms with Gasteiger partial charge in [-0.15, -0.1) is 0 Å². The number of carbonyl (C=O) groups is 1. The average Bonchev–Trinajstić information content (AvgIpc) is 3.13. The molecule has 0 bridgehead atoms. The zero-order valence-corrected chi connectivity index (χ0v) is 16.6. The minimum Gasteiger partial charge on any atom is -0.381 e. The van der Waals surface area contributed by atoms with Gasteiger partial charge in [-0.3, -0.25) is 4.79 Å². The van der Waals surface area contributed by atoms with Crippen LogP contribution in [0.1, 0.15) is 40.6 Å². The third kappa shape index (κ3) is 4.27. The summed E-state index contributed by atoms with van der Waals surface area (Å²) in [5.41, 5.74) is 0.616. The van der Waals surface area contributed by atoms with E-state index in [9.17, 15) is 18.0 Å². The van der Waals surface area contributed by atoms with E-state index in [4.69, 9.17) is 4.74 Å². The van der Waals surface area contributed by atoms with Gasteiger partial charge in [0.05, 0.1) is 15.9 Å². The van der Waals surface area contributed by atoms with Crippen molar-refractivity contribution in [1.29, 1.82) is 0 Å². The van der Waals surface area contributed by atoms with E-state index in [0.29, 0.717) is 34.9 Å². The molecule has 1 N–H and O–H groups in total. The molecule has 152 valence electrons. The fraction of sp³-hybridized carbons (Fsp3) is 0.316. The maximum absolute atomic E-state index is 12.8. The minimum atomic E-state index is -4.62. The van der Waals surface area contributed by atoms with Crippen LogP contribution in [0.3, 0.4) is 0 Å². The highest BCUT2D eigenvalue weighted by Crippen LogP contribution is 2.30. The Hall–Kier alpha value is -2.46. The van der Waals surface area contributed by atoms with Gasteiger partial charge in [0.15, 0.2) is 5.65 Å². The number of hydrogen-bond acceptors (Lipinski definition) is 4. The number of carbonyl (C=O) groups excluding carboxylic acids is 1. The molecule has 4 rings (SSSR count). The number of hydrogen-bond donors (Lipinski definition) is 1. The summed E-state index contributed by atoms with van der Waals surface area (Å²) >= 11 is 3.45. The maximum atomic E-state index is 12.8. The van der Waals surface area contributed by atoms with Gasteiger partial charge in [-0.05, 0) is 47.0 Å². The molecule has 0 atom stereocenters. The Labute approximate surface area is 172 Å². The molecule has 6 nitrogen and oxygen atoms in total. The predicted octanol–water partition coefficient (Wildman–Crippen LogP) is 4.66. The molecule has 0 spiro atoms. The van der Waals surface area contributed by atoms with Gasteiger partial charge in [0.1, 0.15) is 11.4 Å². The third-order valence-corrected chi connectivity index (χ3v) is 5.28. The fourth-order valence-electron chi connectivity index (χ4n) is 3.25. The van der Waals surface area contributed by atoms with Crippen LogP contribution in [0.15, 0.2) is 41.1 Å². The lowest BCUT2D eigenvalue weighted by atomic mass is 9.97. The minimum absolute atomic E-state index is 0.308. The predicted molar refractivity (Wildman–Crippen MR) is 103 cm³/mol. The van der Waals surface area contributed by atoms with Crippen LogP contribution < -0.4 is 5.32 Å². The molecule has 1 saturated heterocycles. The number of ether oxygens (including phenoxy) is 1. The molecule has 4 heterocycles. The monoisotopic (exact) mass is 468 g/mol. The van der Waals surface area contributed by atoms with Crippen molar-refractivity contribution in [3.8, 4) is 0 Å². The number of alkyl halides is 3.